The monoisotopic (exact) mass is 303 g/mol. The highest BCUT2D eigenvalue weighted by Crippen LogP contribution is 2.28. The molecule has 0 spiro atoms. The van der Waals surface area contributed by atoms with Gasteiger partial charge < -0.3 is 10.5 Å². The van der Waals surface area contributed by atoms with E-state index in [9.17, 15) is 0 Å². The molecule has 2 aromatic carbocycles. The van der Waals surface area contributed by atoms with Gasteiger partial charge in [0.15, 0.2) is 0 Å². The molecular formula is C18H22ClNO. The molecule has 21 heavy (non-hydrogen) atoms. The lowest BCUT2D eigenvalue weighted by Crippen LogP contribution is -2.17. The average molecular weight is 304 g/mol. The van der Waals surface area contributed by atoms with Crippen molar-refractivity contribution in [1.29, 1.82) is 0 Å². The summed E-state index contributed by atoms with van der Waals surface area (Å²) in [5, 5.41) is 0.698. The van der Waals surface area contributed by atoms with E-state index in [1.807, 2.05) is 37.3 Å². The van der Waals surface area contributed by atoms with Crippen LogP contribution in [0.25, 0.3) is 0 Å². The Morgan fingerprint density at radius 3 is 2.14 bits per heavy atom. The summed E-state index contributed by atoms with van der Waals surface area (Å²) in [6.45, 7) is 6.32. The molecule has 0 aliphatic heterocycles. The fourth-order valence-electron chi connectivity index (χ4n) is 2.16. The van der Waals surface area contributed by atoms with Crippen molar-refractivity contribution in [3.05, 3.63) is 58.6 Å². The van der Waals surface area contributed by atoms with Crippen molar-refractivity contribution in [2.45, 2.75) is 39.2 Å². The molecular weight excluding hydrogens is 282 g/mol. The van der Waals surface area contributed by atoms with Crippen LogP contribution in [0.4, 0.5) is 0 Å². The van der Waals surface area contributed by atoms with E-state index in [1.54, 1.807) is 0 Å². The molecule has 3 heteroatoms. The van der Waals surface area contributed by atoms with Gasteiger partial charge in [-0.15, -0.1) is 0 Å². The first kappa shape index (κ1) is 15.9. The molecule has 0 bridgehead atoms. The molecule has 0 aromatic heterocycles. The Balaban J connectivity index is 2.11. The zero-order chi connectivity index (χ0) is 15.4. The van der Waals surface area contributed by atoms with Crippen molar-refractivity contribution in [3.8, 4) is 11.5 Å². The van der Waals surface area contributed by atoms with Gasteiger partial charge in [-0.3, -0.25) is 0 Å². The smallest absolute Gasteiger partial charge is 0.128 e. The summed E-state index contributed by atoms with van der Waals surface area (Å²) in [7, 11) is 0. The fourth-order valence-corrected chi connectivity index (χ4v) is 2.41. The molecule has 0 heterocycles. The number of halogens is 1. The van der Waals surface area contributed by atoms with Crippen molar-refractivity contribution in [2.75, 3.05) is 0 Å². The lowest BCUT2D eigenvalue weighted by atomic mass is 10.0. The van der Waals surface area contributed by atoms with Crippen LogP contribution < -0.4 is 10.5 Å². The third kappa shape index (κ3) is 4.48. The van der Waals surface area contributed by atoms with Crippen molar-refractivity contribution in [1.82, 2.24) is 0 Å². The summed E-state index contributed by atoms with van der Waals surface area (Å²) < 4.78 is 5.84. The van der Waals surface area contributed by atoms with E-state index in [-0.39, 0.29) is 6.04 Å². The van der Waals surface area contributed by atoms with Crippen molar-refractivity contribution >= 4 is 11.6 Å². The predicted octanol–water partition coefficient (Wildman–Crippen LogP) is 5.15. The number of hydrogen-bond donors (Lipinski definition) is 1. The maximum Gasteiger partial charge on any atom is 0.128 e. The van der Waals surface area contributed by atoms with Crippen LogP contribution in [0, 0.1) is 0 Å². The van der Waals surface area contributed by atoms with Gasteiger partial charge >= 0.3 is 0 Å². The van der Waals surface area contributed by atoms with Gasteiger partial charge in [0.25, 0.3) is 0 Å². The van der Waals surface area contributed by atoms with Crippen LogP contribution in [0.2, 0.25) is 5.02 Å². The Kier molecular flexibility index (Phi) is 5.27. The van der Waals surface area contributed by atoms with E-state index in [0.29, 0.717) is 10.9 Å². The quantitative estimate of drug-likeness (QED) is 0.829. The highest BCUT2D eigenvalue weighted by Gasteiger charge is 2.06. The number of nitrogens with two attached hydrogens (primary N) is 1. The lowest BCUT2D eigenvalue weighted by molar-refractivity contribution is 0.482. The zero-order valence-electron chi connectivity index (χ0n) is 12.8. The molecule has 2 N–H and O–H groups in total. The van der Waals surface area contributed by atoms with Gasteiger partial charge in [-0.05, 0) is 54.7 Å². The molecule has 2 nitrogen and oxygen atoms in total. The normalized spacial score (nSPS) is 12.5. The topological polar surface area (TPSA) is 35.2 Å². The van der Waals surface area contributed by atoms with Crippen LogP contribution in [-0.2, 0) is 6.42 Å². The van der Waals surface area contributed by atoms with Gasteiger partial charge in [0.05, 0.1) is 0 Å². The molecule has 1 unspecified atom stereocenters. The standard InChI is InChI=1S/C18H22ClNO/c1-12(2)14-4-7-16(8-5-14)21-17-9-6-15(10-13(3)20)18(19)11-17/h4-9,11-13H,10,20H2,1-3H3. The molecule has 0 aliphatic carbocycles. The minimum atomic E-state index is 0.0952. The maximum absolute atomic E-state index is 6.27. The minimum Gasteiger partial charge on any atom is -0.457 e. The van der Waals surface area contributed by atoms with Gasteiger partial charge in [0.1, 0.15) is 11.5 Å². The number of rotatable bonds is 5. The van der Waals surface area contributed by atoms with Crippen molar-refractivity contribution < 1.29 is 4.74 Å². The Bertz CT molecular complexity index is 591. The summed E-state index contributed by atoms with van der Waals surface area (Å²) >= 11 is 6.27. The SMILES string of the molecule is CC(N)Cc1ccc(Oc2ccc(C(C)C)cc2)cc1Cl. The van der Waals surface area contributed by atoms with Crippen LogP contribution in [0.15, 0.2) is 42.5 Å². The Labute approximate surface area is 131 Å². The largest absolute Gasteiger partial charge is 0.457 e. The number of ether oxygens (including phenoxy) is 1. The van der Waals surface area contributed by atoms with Crippen molar-refractivity contribution in [2.24, 2.45) is 5.73 Å². The molecule has 2 aromatic rings. The first-order valence-electron chi connectivity index (χ1n) is 7.27. The fraction of sp³-hybridized carbons (Fsp3) is 0.333. The minimum absolute atomic E-state index is 0.0952. The van der Waals surface area contributed by atoms with Gasteiger partial charge in [-0.1, -0.05) is 43.6 Å². The number of benzene rings is 2. The molecule has 0 fully saturated rings. The second-order valence-corrected chi connectivity index (χ2v) is 6.17. The van der Waals surface area contributed by atoms with E-state index in [1.165, 1.54) is 5.56 Å². The Morgan fingerprint density at radius 2 is 1.62 bits per heavy atom. The highest BCUT2D eigenvalue weighted by molar-refractivity contribution is 6.31. The zero-order valence-corrected chi connectivity index (χ0v) is 13.5. The molecule has 0 saturated heterocycles. The third-order valence-electron chi connectivity index (χ3n) is 3.35. The molecule has 0 saturated carbocycles. The Hall–Kier alpha value is -1.51. The summed E-state index contributed by atoms with van der Waals surface area (Å²) in [6.07, 6.45) is 0.766. The molecule has 2 rings (SSSR count). The summed E-state index contributed by atoms with van der Waals surface area (Å²) in [6, 6.07) is 14.0. The molecule has 112 valence electrons. The average Bonchev–Trinajstić information content (AvgIpc) is 2.42. The second kappa shape index (κ2) is 6.97. The van der Waals surface area contributed by atoms with Crippen LogP contribution in [-0.4, -0.2) is 6.04 Å². The third-order valence-corrected chi connectivity index (χ3v) is 3.70. The van der Waals surface area contributed by atoms with Crippen LogP contribution in [0.5, 0.6) is 11.5 Å². The highest BCUT2D eigenvalue weighted by atomic mass is 35.5. The first-order valence-corrected chi connectivity index (χ1v) is 7.65. The summed E-state index contributed by atoms with van der Waals surface area (Å²) in [5.74, 6) is 2.08. The Morgan fingerprint density at radius 1 is 1.00 bits per heavy atom. The lowest BCUT2D eigenvalue weighted by Gasteiger charge is -2.11. The van der Waals surface area contributed by atoms with Crippen LogP contribution in [0.1, 0.15) is 37.8 Å². The van der Waals surface area contributed by atoms with Crippen LogP contribution in [0.3, 0.4) is 0 Å². The van der Waals surface area contributed by atoms with Gasteiger partial charge in [-0.2, -0.15) is 0 Å². The van der Waals surface area contributed by atoms with E-state index >= 15 is 0 Å². The molecule has 0 radical (unpaired) electrons. The number of hydrogen-bond acceptors (Lipinski definition) is 2. The second-order valence-electron chi connectivity index (χ2n) is 5.76. The predicted molar refractivity (Wildman–Crippen MR) is 89.4 cm³/mol. The van der Waals surface area contributed by atoms with E-state index in [4.69, 9.17) is 22.1 Å². The van der Waals surface area contributed by atoms with E-state index in [0.717, 1.165) is 23.5 Å². The maximum atomic E-state index is 6.27. The van der Waals surface area contributed by atoms with Crippen LogP contribution >= 0.6 is 11.6 Å². The molecule has 1 atom stereocenters. The van der Waals surface area contributed by atoms with Gasteiger partial charge in [-0.25, -0.2) is 0 Å². The van der Waals surface area contributed by atoms with E-state index < -0.39 is 0 Å². The summed E-state index contributed by atoms with van der Waals surface area (Å²) in [5.41, 5.74) is 8.15. The van der Waals surface area contributed by atoms with E-state index in [2.05, 4.69) is 26.0 Å². The molecule has 0 aliphatic rings. The first-order chi connectivity index (χ1) is 9.95. The van der Waals surface area contributed by atoms with Gasteiger partial charge in [0.2, 0.25) is 0 Å². The van der Waals surface area contributed by atoms with Crippen molar-refractivity contribution in [3.63, 3.8) is 0 Å². The summed E-state index contributed by atoms with van der Waals surface area (Å²) in [4.78, 5) is 0. The molecule has 0 amide bonds. The van der Waals surface area contributed by atoms with Gasteiger partial charge in [0, 0.05) is 11.1 Å².